The molecule has 1 rings (SSSR count). The Labute approximate surface area is 133 Å². The molecular weight excluding hydrogens is 292 g/mol. The van der Waals surface area contributed by atoms with E-state index in [4.69, 9.17) is 5.73 Å². The summed E-state index contributed by atoms with van der Waals surface area (Å²) in [6.45, 7) is 0.725. The number of nitrogens with one attached hydrogen (secondary N) is 1. The molecule has 0 radical (unpaired) electrons. The first-order chi connectivity index (χ1) is 9.63. The second kappa shape index (κ2) is 11.8. The van der Waals surface area contributed by atoms with Gasteiger partial charge >= 0.3 is 5.97 Å². The van der Waals surface area contributed by atoms with E-state index in [0.29, 0.717) is 6.42 Å². The smallest absolute Gasteiger partial charge is 0.305 e. The minimum Gasteiger partial charge on any atom is -0.469 e. The molecule has 3 N–H and O–H groups in total. The Morgan fingerprint density at radius 2 is 1.90 bits per heavy atom. The van der Waals surface area contributed by atoms with E-state index < -0.39 is 0 Å². The summed E-state index contributed by atoms with van der Waals surface area (Å²) < 4.78 is 4.58. The Kier molecular flexibility index (Phi) is 11.4. The van der Waals surface area contributed by atoms with E-state index in [2.05, 4.69) is 10.1 Å². The molecule has 1 aliphatic carbocycles. The van der Waals surface area contributed by atoms with Gasteiger partial charge in [0.2, 0.25) is 5.91 Å². The molecule has 1 saturated carbocycles. The van der Waals surface area contributed by atoms with Crippen LogP contribution in [0, 0.1) is 5.92 Å². The summed E-state index contributed by atoms with van der Waals surface area (Å²) in [7, 11) is 1.41. The molecule has 0 aromatic carbocycles. The average Bonchev–Trinajstić information content (AvgIpc) is 2.45. The predicted octanol–water partition coefficient (Wildman–Crippen LogP) is 2.17. The van der Waals surface area contributed by atoms with Gasteiger partial charge in [0.15, 0.2) is 0 Å². The number of hydrogen-bond acceptors (Lipinski definition) is 4. The molecule has 6 heteroatoms. The summed E-state index contributed by atoms with van der Waals surface area (Å²) in [6, 6.07) is 0.192. The maximum absolute atomic E-state index is 11.9. The molecule has 124 valence electrons. The van der Waals surface area contributed by atoms with Crippen LogP contribution in [-0.2, 0) is 14.3 Å². The molecule has 5 nitrogen and oxygen atoms in total. The van der Waals surface area contributed by atoms with Gasteiger partial charge in [-0.15, -0.1) is 12.4 Å². The number of unbranched alkanes of at least 4 members (excludes halogenated alkanes) is 3. The van der Waals surface area contributed by atoms with Crippen LogP contribution < -0.4 is 11.1 Å². The molecule has 2 unspecified atom stereocenters. The average molecular weight is 321 g/mol. The molecule has 0 heterocycles. The molecule has 0 aromatic rings. The van der Waals surface area contributed by atoms with Gasteiger partial charge < -0.3 is 15.8 Å². The van der Waals surface area contributed by atoms with E-state index >= 15 is 0 Å². The zero-order valence-electron chi connectivity index (χ0n) is 12.9. The predicted molar refractivity (Wildman–Crippen MR) is 85.3 cm³/mol. The maximum atomic E-state index is 11.9. The number of amides is 1. The third kappa shape index (κ3) is 8.94. The first kappa shape index (κ1) is 20.2. The van der Waals surface area contributed by atoms with E-state index in [0.717, 1.165) is 57.9 Å². The summed E-state index contributed by atoms with van der Waals surface area (Å²) in [6.07, 6.45) is 8.24. The van der Waals surface area contributed by atoms with Crippen molar-refractivity contribution in [3.8, 4) is 0 Å². The lowest BCUT2D eigenvalue weighted by Gasteiger charge is -2.25. The highest BCUT2D eigenvalue weighted by molar-refractivity contribution is 5.85. The minimum atomic E-state index is -0.146. The number of carbonyl (C=O) groups is 2. The van der Waals surface area contributed by atoms with E-state index in [-0.39, 0.29) is 36.2 Å². The Morgan fingerprint density at radius 1 is 1.19 bits per heavy atom. The van der Waals surface area contributed by atoms with Crippen molar-refractivity contribution in [3.63, 3.8) is 0 Å². The molecule has 1 fully saturated rings. The third-order valence-electron chi connectivity index (χ3n) is 3.92. The number of ether oxygens (including phenoxy) is 1. The number of rotatable bonds is 8. The summed E-state index contributed by atoms with van der Waals surface area (Å²) in [5.41, 5.74) is 5.89. The molecule has 0 aliphatic heterocycles. The molecule has 0 aromatic heterocycles. The van der Waals surface area contributed by atoms with Gasteiger partial charge in [-0.1, -0.05) is 19.3 Å². The van der Waals surface area contributed by atoms with Crippen LogP contribution in [0.1, 0.15) is 57.8 Å². The highest BCUT2D eigenvalue weighted by atomic mass is 35.5. The lowest BCUT2D eigenvalue weighted by Crippen LogP contribution is -2.38. The second-order valence-corrected chi connectivity index (χ2v) is 5.65. The van der Waals surface area contributed by atoms with Gasteiger partial charge in [-0.2, -0.15) is 0 Å². The van der Waals surface area contributed by atoms with Crippen molar-refractivity contribution in [3.05, 3.63) is 0 Å². The van der Waals surface area contributed by atoms with Gasteiger partial charge in [-0.25, -0.2) is 0 Å². The molecular formula is C15H29ClN2O3. The fourth-order valence-electron chi connectivity index (χ4n) is 2.67. The fourth-order valence-corrected chi connectivity index (χ4v) is 2.67. The lowest BCUT2D eigenvalue weighted by molar-refractivity contribution is -0.140. The van der Waals surface area contributed by atoms with Crippen LogP contribution in [0.15, 0.2) is 0 Å². The first-order valence-corrected chi connectivity index (χ1v) is 7.73. The minimum absolute atomic E-state index is 0. The Morgan fingerprint density at radius 3 is 2.57 bits per heavy atom. The summed E-state index contributed by atoms with van der Waals surface area (Å²) in [5.74, 6) is 0.125. The normalized spacial score (nSPS) is 21.2. The largest absolute Gasteiger partial charge is 0.469 e. The van der Waals surface area contributed by atoms with E-state index in [9.17, 15) is 9.59 Å². The number of hydrogen-bond donors (Lipinski definition) is 2. The fraction of sp³-hybridized carbons (Fsp3) is 0.867. The highest BCUT2D eigenvalue weighted by Gasteiger charge is 2.24. The van der Waals surface area contributed by atoms with Crippen LogP contribution >= 0.6 is 12.4 Å². The zero-order valence-corrected chi connectivity index (χ0v) is 13.8. The van der Waals surface area contributed by atoms with Gasteiger partial charge in [0.05, 0.1) is 7.11 Å². The molecule has 2 atom stereocenters. The van der Waals surface area contributed by atoms with Crippen molar-refractivity contribution in [2.24, 2.45) is 11.7 Å². The summed E-state index contributed by atoms with van der Waals surface area (Å²) >= 11 is 0. The van der Waals surface area contributed by atoms with E-state index in [1.165, 1.54) is 7.11 Å². The van der Waals surface area contributed by atoms with Gasteiger partial charge in [0, 0.05) is 24.9 Å². The van der Waals surface area contributed by atoms with Crippen LogP contribution in [-0.4, -0.2) is 31.6 Å². The van der Waals surface area contributed by atoms with Crippen LogP contribution in [0.4, 0.5) is 0 Å². The van der Waals surface area contributed by atoms with Crippen molar-refractivity contribution >= 4 is 24.3 Å². The lowest BCUT2D eigenvalue weighted by atomic mass is 9.85. The molecule has 21 heavy (non-hydrogen) atoms. The Hall–Kier alpha value is -0.810. The monoisotopic (exact) mass is 320 g/mol. The Bertz CT molecular complexity index is 313. The van der Waals surface area contributed by atoms with E-state index in [1.54, 1.807) is 0 Å². The van der Waals surface area contributed by atoms with Crippen LogP contribution in [0.3, 0.4) is 0 Å². The number of nitrogens with two attached hydrogens (primary N) is 1. The highest BCUT2D eigenvalue weighted by Crippen LogP contribution is 2.23. The summed E-state index contributed by atoms with van der Waals surface area (Å²) in [5, 5.41) is 3.00. The van der Waals surface area contributed by atoms with Crippen LogP contribution in [0.2, 0.25) is 0 Å². The quantitative estimate of drug-likeness (QED) is 0.530. The molecule has 0 bridgehead atoms. The number of esters is 1. The van der Waals surface area contributed by atoms with Gasteiger partial charge in [0.1, 0.15) is 0 Å². The molecule has 1 amide bonds. The SMILES string of the molecule is COC(=O)CCCCCCNC(=O)C1CCCC(N)C1.Cl. The van der Waals surface area contributed by atoms with Gasteiger partial charge in [-0.05, 0) is 32.1 Å². The Balaban J connectivity index is 0.00000400. The van der Waals surface area contributed by atoms with Gasteiger partial charge in [-0.3, -0.25) is 9.59 Å². The number of carbonyl (C=O) groups excluding carboxylic acids is 2. The second-order valence-electron chi connectivity index (χ2n) is 5.65. The van der Waals surface area contributed by atoms with Crippen LogP contribution in [0.25, 0.3) is 0 Å². The standard InChI is InChI=1S/C15H28N2O3.ClH/c1-20-14(18)9-4-2-3-5-10-17-15(19)12-7-6-8-13(16)11-12;/h12-13H,2-11,16H2,1H3,(H,17,19);1H. The van der Waals surface area contributed by atoms with Crippen molar-refractivity contribution in [1.29, 1.82) is 0 Å². The van der Waals surface area contributed by atoms with Crippen molar-refractivity contribution in [1.82, 2.24) is 5.32 Å². The van der Waals surface area contributed by atoms with Crippen molar-refractivity contribution in [2.75, 3.05) is 13.7 Å². The third-order valence-corrected chi connectivity index (χ3v) is 3.92. The van der Waals surface area contributed by atoms with Gasteiger partial charge in [0.25, 0.3) is 0 Å². The molecule has 0 saturated heterocycles. The number of methoxy groups -OCH3 is 1. The first-order valence-electron chi connectivity index (χ1n) is 7.73. The van der Waals surface area contributed by atoms with Crippen molar-refractivity contribution in [2.45, 2.75) is 63.8 Å². The van der Waals surface area contributed by atoms with Crippen molar-refractivity contribution < 1.29 is 14.3 Å². The number of halogens is 1. The maximum Gasteiger partial charge on any atom is 0.305 e. The zero-order chi connectivity index (χ0) is 14.8. The topological polar surface area (TPSA) is 81.4 Å². The summed E-state index contributed by atoms with van der Waals surface area (Å²) in [4.78, 5) is 22.8. The van der Waals surface area contributed by atoms with Crippen LogP contribution in [0.5, 0.6) is 0 Å². The van der Waals surface area contributed by atoms with E-state index in [1.807, 2.05) is 0 Å². The molecule has 0 spiro atoms. The molecule has 1 aliphatic rings.